The first kappa shape index (κ1) is 28.5. The van der Waals surface area contributed by atoms with E-state index in [4.69, 9.17) is 9.84 Å². The van der Waals surface area contributed by atoms with Crippen LogP contribution < -0.4 is 27.6 Å². The molecule has 8 heteroatoms. The van der Waals surface area contributed by atoms with Crippen molar-refractivity contribution >= 4 is 16.6 Å². The van der Waals surface area contributed by atoms with Gasteiger partial charge in [0.2, 0.25) is 5.78 Å². The predicted octanol–water partition coefficient (Wildman–Crippen LogP) is 1.02. The summed E-state index contributed by atoms with van der Waals surface area (Å²) in [4.78, 5) is 28.0. The molecule has 3 aromatic carbocycles. The smallest absolute Gasteiger partial charge is 0.274 e. The summed E-state index contributed by atoms with van der Waals surface area (Å²) in [5.74, 6) is 0.566. The average molecular weight is 550 g/mol. The zero-order valence-electron chi connectivity index (χ0n) is 22.2. The molecule has 204 valence electrons. The Kier molecular flexibility index (Phi) is 9.15. The summed E-state index contributed by atoms with van der Waals surface area (Å²) >= 11 is 0. The number of aromatic nitrogens is 2. The first-order valence-corrected chi connectivity index (χ1v) is 13.2. The molecular formula is C31H33ClFN3O3. The number of rotatable bonds is 7. The highest BCUT2D eigenvalue weighted by atomic mass is 35.5. The van der Waals surface area contributed by atoms with E-state index in [2.05, 4.69) is 0 Å². The normalized spacial score (nSPS) is 18.1. The fourth-order valence-corrected chi connectivity index (χ4v) is 5.50. The Hall–Kier alpha value is -3.55. The van der Waals surface area contributed by atoms with Gasteiger partial charge >= 0.3 is 0 Å². The topological polar surface area (TPSA) is 65.6 Å². The van der Waals surface area contributed by atoms with Gasteiger partial charge in [0.25, 0.3) is 5.56 Å². The SMILES string of the molecule is COc1ccc(C(=O)C(C)[NH+]2CCCC(n3nc(Cc4ccc(F)cc4)c4ccccc4c3=O)CC2)cc1.[Cl-]. The lowest BCUT2D eigenvalue weighted by atomic mass is 10.0. The predicted molar refractivity (Wildman–Crippen MR) is 146 cm³/mol. The van der Waals surface area contributed by atoms with Crippen LogP contribution in [0.15, 0.2) is 77.6 Å². The first-order valence-electron chi connectivity index (χ1n) is 13.2. The van der Waals surface area contributed by atoms with Crippen LogP contribution in [-0.4, -0.2) is 41.8 Å². The number of methoxy groups -OCH3 is 1. The average Bonchev–Trinajstić information content (AvgIpc) is 3.21. The molecule has 3 atom stereocenters. The number of halogens is 2. The second-order valence-electron chi connectivity index (χ2n) is 10.1. The minimum Gasteiger partial charge on any atom is -1.00 e. The number of fused-ring (bicyclic) bond motifs is 1. The maximum absolute atomic E-state index is 13.5. The number of benzene rings is 3. The van der Waals surface area contributed by atoms with Gasteiger partial charge in [-0.3, -0.25) is 9.59 Å². The highest BCUT2D eigenvalue weighted by molar-refractivity contribution is 5.99. The zero-order chi connectivity index (χ0) is 26.6. The lowest BCUT2D eigenvalue weighted by molar-refractivity contribution is -0.912. The molecule has 0 saturated carbocycles. The number of carbonyl (C=O) groups excluding carboxylic acids is 1. The molecule has 3 unspecified atom stereocenters. The van der Waals surface area contributed by atoms with Crippen molar-refractivity contribution < 1.29 is 31.2 Å². The highest BCUT2D eigenvalue weighted by Crippen LogP contribution is 2.22. The van der Waals surface area contributed by atoms with Gasteiger partial charge < -0.3 is 22.0 Å². The Morgan fingerprint density at radius 2 is 1.72 bits per heavy atom. The second kappa shape index (κ2) is 12.5. The van der Waals surface area contributed by atoms with Gasteiger partial charge in [0.15, 0.2) is 0 Å². The van der Waals surface area contributed by atoms with E-state index < -0.39 is 0 Å². The molecule has 0 aliphatic carbocycles. The summed E-state index contributed by atoms with van der Waals surface area (Å²) < 4.78 is 20.3. The second-order valence-corrected chi connectivity index (χ2v) is 10.1. The van der Waals surface area contributed by atoms with Crippen LogP contribution in [0.4, 0.5) is 4.39 Å². The van der Waals surface area contributed by atoms with Gasteiger partial charge in [-0.1, -0.05) is 30.3 Å². The van der Waals surface area contributed by atoms with Crippen LogP contribution in [0.2, 0.25) is 0 Å². The first-order chi connectivity index (χ1) is 18.4. The maximum atomic E-state index is 13.5. The Bertz CT molecular complexity index is 1490. The third-order valence-corrected chi connectivity index (χ3v) is 7.75. The van der Waals surface area contributed by atoms with Crippen molar-refractivity contribution in [1.82, 2.24) is 9.78 Å². The molecule has 2 heterocycles. The van der Waals surface area contributed by atoms with Crippen molar-refractivity contribution in [3.8, 4) is 5.75 Å². The number of quaternary nitrogens is 1. The molecule has 0 amide bonds. The van der Waals surface area contributed by atoms with Crippen LogP contribution in [0.5, 0.6) is 5.75 Å². The molecule has 1 aliphatic heterocycles. The van der Waals surface area contributed by atoms with Gasteiger partial charge in [0, 0.05) is 23.8 Å². The van der Waals surface area contributed by atoms with Crippen molar-refractivity contribution in [2.45, 2.75) is 44.7 Å². The summed E-state index contributed by atoms with van der Waals surface area (Å²) in [6.45, 7) is 3.63. The molecule has 1 aromatic heterocycles. The van der Waals surface area contributed by atoms with E-state index >= 15 is 0 Å². The molecule has 1 N–H and O–H groups in total. The molecule has 0 spiro atoms. The van der Waals surface area contributed by atoms with E-state index in [0.29, 0.717) is 17.4 Å². The van der Waals surface area contributed by atoms with E-state index in [0.717, 1.165) is 54.7 Å². The Morgan fingerprint density at radius 1 is 1.03 bits per heavy atom. The standard InChI is InChI=1S/C31H32FN3O3.ClH/c1-21(30(36)23-11-15-26(38-2)16-12-23)34-18-5-6-25(17-19-34)35-31(37)28-8-4-3-7-27(28)29(33-35)20-22-9-13-24(32)14-10-22;/h3-4,7-16,21,25H,5-6,17-20H2,1-2H3;1H. The third-order valence-electron chi connectivity index (χ3n) is 7.75. The molecule has 5 rings (SSSR count). The van der Waals surface area contributed by atoms with Gasteiger partial charge in [-0.2, -0.15) is 5.10 Å². The van der Waals surface area contributed by atoms with Crippen LogP contribution in [0, 0.1) is 5.82 Å². The number of nitrogens with one attached hydrogen (secondary N) is 1. The van der Waals surface area contributed by atoms with Gasteiger partial charge in [-0.05, 0) is 67.8 Å². The van der Waals surface area contributed by atoms with Gasteiger partial charge in [-0.15, -0.1) is 0 Å². The van der Waals surface area contributed by atoms with Gasteiger partial charge in [0.05, 0.1) is 37.3 Å². The lowest BCUT2D eigenvalue weighted by Crippen LogP contribution is -3.16. The number of carbonyl (C=O) groups is 1. The van der Waals surface area contributed by atoms with Crippen LogP contribution in [0.25, 0.3) is 10.8 Å². The maximum Gasteiger partial charge on any atom is 0.274 e. The van der Waals surface area contributed by atoms with Crippen molar-refractivity contribution in [2.75, 3.05) is 20.2 Å². The Labute approximate surface area is 233 Å². The number of hydrogen-bond donors (Lipinski definition) is 1. The summed E-state index contributed by atoms with van der Waals surface area (Å²) in [6.07, 6.45) is 3.00. The monoisotopic (exact) mass is 549 g/mol. The summed E-state index contributed by atoms with van der Waals surface area (Å²) in [6, 6.07) is 21.0. The van der Waals surface area contributed by atoms with Crippen LogP contribution in [0.3, 0.4) is 0 Å². The van der Waals surface area contributed by atoms with E-state index in [-0.39, 0.29) is 41.7 Å². The minimum atomic E-state index is -0.276. The number of Topliss-reactive ketones (excluding diaryl/α,β-unsaturated/α-hetero) is 1. The van der Waals surface area contributed by atoms with Crippen molar-refractivity contribution in [1.29, 1.82) is 0 Å². The largest absolute Gasteiger partial charge is 1.00 e. The Morgan fingerprint density at radius 3 is 2.41 bits per heavy atom. The molecule has 1 fully saturated rings. The number of ether oxygens (including phenoxy) is 1. The van der Waals surface area contributed by atoms with E-state index in [1.54, 1.807) is 23.9 Å². The molecule has 1 saturated heterocycles. The number of likely N-dealkylation sites (tertiary alicyclic amines) is 1. The number of ketones is 1. The van der Waals surface area contributed by atoms with Crippen LogP contribution >= 0.6 is 0 Å². The molecule has 1 aliphatic rings. The molecule has 0 radical (unpaired) electrons. The molecule has 4 aromatic rings. The van der Waals surface area contributed by atoms with E-state index in [9.17, 15) is 14.0 Å². The van der Waals surface area contributed by atoms with E-state index in [1.165, 1.54) is 17.0 Å². The Balaban J connectivity index is 0.00000353. The summed E-state index contributed by atoms with van der Waals surface area (Å²) in [7, 11) is 1.61. The number of nitrogens with zero attached hydrogens (tertiary/aromatic N) is 2. The molecular weight excluding hydrogens is 517 g/mol. The lowest BCUT2D eigenvalue weighted by Gasteiger charge is -2.24. The molecule has 6 nitrogen and oxygen atoms in total. The fraction of sp³-hybridized carbons (Fsp3) is 0.323. The summed E-state index contributed by atoms with van der Waals surface area (Å²) in [5, 5.41) is 6.36. The fourth-order valence-electron chi connectivity index (χ4n) is 5.50. The van der Waals surface area contributed by atoms with Crippen molar-refractivity contribution in [3.05, 3.63) is 106 Å². The van der Waals surface area contributed by atoms with Crippen molar-refractivity contribution in [3.63, 3.8) is 0 Å². The molecule has 39 heavy (non-hydrogen) atoms. The van der Waals surface area contributed by atoms with Gasteiger partial charge in [-0.25, -0.2) is 9.07 Å². The quantitative estimate of drug-likeness (QED) is 0.350. The van der Waals surface area contributed by atoms with Crippen LogP contribution in [-0.2, 0) is 6.42 Å². The highest BCUT2D eigenvalue weighted by Gasteiger charge is 2.30. The van der Waals surface area contributed by atoms with Crippen LogP contribution in [0.1, 0.15) is 53.8 Å². The van der Waals surface area contributed by atoms with Crippen molar-refractivity contribution in [2.24, 2.45) is 0 Å². The summed E-state index contributed by atoms with van der Waals surface area (Å²) in [5.41, 5.74) is 2.35. The molecule has 0 bridgehead atoms. The third kappa shape index (κ3) is 6.21. The van der Waals surface area contributed by atoms with Gasteiger partial charge in [0.1, 0.15) is 17.6 Å². The zero-order valence-corrected chi connectivity index (χ0v) is 23.0. The number of hydrogen-bond acceptors (Lipinski definition) is 4. The minimum absolute atomic E-state index is 0. The van der Waals surface area contributed by atoms with E-state index in [1.807, 2.05) is 55.5 Å².